The van der Waals surface area contributed by atoms with Crippen LogP contribution in [0.5, 0.6) is 5.75 Å². The predicted octanol–water partition coefficient (Wildman–Crippen LogP) is 1.24. The number of benzene rings is 1. The third kappa shape index (κ3) is 6.91. The number of ether oxygens (including phenoxy) is 1. The average molecular weight is 328 g/mol. The molecule has 0 saturated heterocycles. The van der Waals surface area contributed by atoms with Gasteiger partial charge in [0.2, 0.25) is 15.9 Å². The molecule has 7 heteroatoms. The second kappa shape index (κ2) is 8.75. The third-order valence-corrected chi connectivity index (χ3v) is 4.45. The van der Waals surface area contributed by atoms with Crippen LogP contribution in [0.4, 0.5) is 0 Å². The summed E-state index contributed by atoms with van der Waals surface area (Å²) in [5.41, 5.74) is 0. The first-order chi connectivity index (χ1) is 10.3. The van der Waals surface area contributed by atoms with E-state index in [-0.39, 0.29) is 38.1 Å². The number of hydrogen-bond donors (Lipinski definition) is 1. The first kappa shape index (κ1) is 18.4. The van der Waals surface area contributed by atoms with Crippen LogP contribution in [0.1, 0.15) is 20.3 Å². The van der Waals surface area contributed by atoms with Crippen LogP contribution in [0.3, 0.4) is 0 Å². The number of amides is 1. The predicted molar refractivity (Wildman–Crippen MR) is 86.2 cm³/mol. The van der Waals surface area contributed by atoms with Crippen molar-refractivity contribution in [2.75, 3.05) is 26.0 Å². The van der Waals surface area contributed by atoms with E-state index in [2.05, 4.69) is 5.32 Å². The molecule has 0 aromatic heterocycles. The van der Waals surface area contributed by atoms with Gasteiger partial charge in [-0.25, -0.2) is 8.42 Å². The van der Waals surface area contributed by atoms with Gasteiger partial charge in [-0.2, -0.15) is 4.31 Å². The lowest BCUT2D eigenvalue weighted by atomic mass is 10.3. The van der Waals surface area contributed by atoms with Crippen LogP contribution in [0.2, 0.25) is 0 Å². The Morgan fingerprint density at radius 3 is 2.45 bits per heavy atom. The minimum absolute atomic E-state index is 0.131. The second-order valence-corrected chi connectivity index (χ2v) is 7.16. The molecule has 1 aromatic carbocycles. The van der Waals surface area contributed by atoms with Crippen molar-refractivity contribution in [1.82, 2.24) is 9.62 Å². The Labute approximate surface area is 132 Å². The maximum Gasteiger partial charge on any atom is 0.223 e. The number of rotatable bonds is 9. The minimum Gasteiger partial charge on any atom is -0.493 e. The van der Waals surface area contributed by atoms with Gasteiger partial charge in [0.1, 0.15) is 5.75 Å². The molecular weight excluding hydrogens is 304 g/mol. The van der Waals surface area contributed by atoms with Crippen molar-refractivity contribution >= 4 is 15.9 Å². The zero-order valence-corrected chi connectivity index (χ0v) is 14.1. The van der Waals surface area contributed by atoms with Gasteiger partial charge in [0.25, 0.3) is 0 Å². The topological polar surface area (TPSA) is 75.7 Å². The summed E-state index contributed by atoms with van der Waals surface area (Å²) in [7, 11) is -3.26. The Morgan fingerprint density at radius 1 is 1.27 bits per heavy atom. The molecule has 1 amide bonds. The van der Waals surface area contributed by atoms with Crippen LogP contribution in [0.25, 0.3) is 0 Å². The quantitative estimate of drug-likeness (QED) is 0.740. The van der Waals surface area contributed by atoms with Crippen LogP contribution in [-0.4, -0.2) is 50.6 Å². The molecule has 0 unspecified atom stereocenters. The molecule has 22 heavy (non-hydrogen) atoms. The number of sulfonamides is 1. The van der Waals surface area contributed by atoms with Gasteiger partial charge in [-0.3, -0.25) is 4.79 Å². The van der Waals surface area contributed by atoms with Gasteiger partial charge in [0.05, 0.1) is 19.3 Å². The molecule has 124 valence electrons. The number of hydrogen-bond acceptors (Lipinski definition) is 4. The SMILES string of the molecule is CC(C)N(CCNC(=O)CCOc1ccccc1)S(C)(=O)=O. The highest BCUT2D eigenvalue weighted by atomic mass is 32.2. The zero-order valence-electron chi connectivity index (χ0n) is 13.3. The monoisotopic (exact) mass is 328 g/mol. The average Bonchev–Trinajstić information content (AvgIpc) is 2.43. The molecule has 0 radical (unpaired) electrons. The molecule has 0 atom stereocenters. The van der Waals surface area contributed by atoms with Crippen LogP contribution in [0, 0.1) is 0 Å². The highest BCUT2D eigenvalue weighted by Crippen LogP contribution is 2.08. The molecule has 0 aliphatic carbocycles. The molecule has 0 aliphatic rings. The Bertz CT molecular complexity index is 558. The molecular formula is C15H24N2O4S. The summed E-state index contributed by atoms with van der Waals surface area (Å²) >= 11 is 0. The normalized spacial score (nSPS) is 11.7. The van der Waals surface area contributed by atoms with Crippen LogP contribution in [0.15, 0.2) is 30.3 Å². The summed E-state index contributed by atoms with van der Waals surface area (Å²) < 4.78 is 29.9. The first-order valence-corrected chi connectivity index (χ1v) is 9.07. The van der Waals surface area contributed by atoms with E-state index in [0.717, 1.165) is 5.75 Å². The van der Waals surface area contributed by atoms with E-state index in [1.54, 1.807) is 13.8 Å². The molecule has 0 saturated carbocycles. The summed E-state index contributed by atoms with van der Waals surface area (Å²) in [6.07, 6.45) is 1.40. The number of nitrogens with one attached hydrogen (secondary N) is 1. The molecule has 0 bridgehead atoms. The van der Waals surface area contributed by atoms with E-state index >= 15 is 0 Å². The molecule has 0 aliphatic heterocycles. The smallest absolute Gasteiger partial charge is 0.223 e. The summed E-state index contributed by atoms with van der Waals surface area (Å²) in [5, 5.41) is 2.70. The number of carbonyl (C=O) groups is 1. The van der Waals surface area contributed by atoms with Crippen LogP contribution in [-0.2, 0) is 14.8 Å². The largest absolute Gasteiger partial charge is 0.493 e. The fourth-order valence-corrected chi connectivity index (χ4v) is 3.17. The lowest BCUT2D eigenvalue weighted by Crippen LogP contribution is -2.42. The van der Waals surface area contributed by atoms with E-state index in [4.69, 9.17) is 4.74 Å². The van der Waals surface area contributed by atoms with Crippen LogP contribution >= 0.6 is 0 Å². The Hall–Kier alpha value is -1.60. The van der Waals surface area contributed by atoms with Crippen molar-refractivity contribution in [3.63, 3.8) is 0 Å². The number of carbonyl (C=O) groups excluding carboxylic acids is 1. The van der Waals surface area contributed by atoms with Gasteiger partial charge >= 0.3 is 0 Å². The van der Waals surface area contributed by atoms with Crippen molar-refractivity contribution in [2.24, 2.45) is 0 Å². The molecule has 6 nitrogen and oxygen atoms in total. The van der Waals surface area contributed by atoms with E-state index in [9.17, 15) is 13.2 Å². The summed E-state index contributed by atoms with van der Waals surface area (Å²) in [6.45, 7) is 4.44. The number of para-hydroxylation sites is 1. The molecule has 1 N–H and O–H groups in total. The lowest BCUT2D eigenvalue weighted by molar-refractivity contribution is -0.121. The maximum absolute atomic E-state index is 11.7. The van der Waals surface area contributed by atoms with Gasteiger partial charge < -0.3 is 10.1 Å². The lowest BCUT2D eigenvalue weighted by Gasteiger charge is -2.23. The van der Waals surface area contributed by atoms with E-state index in [1.165, 1.54) is 10.6 Å². The highest BCUT2D eigenvalue weighted by molar-refractivity contribution is 7.88. The molecule has 0 heterocycles. The minimum atomic E-state index is -3.26. The van der Waals surface area contributed by atoms with Gasteiger partial charge in [-0.15, -0.1) is 0 Å². The van der Waals surface area contributed by atoms with Gasteiger partial charge in [-0.05, 0) is 26.0 Å². The van der Waals surface area contributed by atoms with Gasteiger partial charge in [-0.1, -0.05) is 18.2 Å². The summed E-state index contributed by atoms with van der Waals surface area (Å²) in [6, 6.07) is 9.13. The van der Waals surface area contributed by atoms with Crippen molar-refractivity contribution in [3.05, 3.63) is 30.3 Å². The van der Waals surface area contributed by atoms with Crippen molar-refractivity contribution in [2.45, 2.75) is 26.3 Å². The number of nitrogens with zero attached hydrogens (tertiary/aromatic N) is 1. The molecule has 1 rings (SSSR count). The second-order valence-electron chi connectivity index (χ2n) is 5.23. The Balaban J connectivity index is 2.25. The first-order valence-electron chi connectivity index (χ1n) is 7.22. The van der Waals surface area contributed by atoms with Crippen LogP contribution < -0.4 is 10.1 Å². The zero-order chi connectivity index (χ0) is 16.6. The molecule has 0 spiro atoms. The van der Waals surface area contributed by atoms with E-state index in [1.807, 2.05) is 30.3 Å². The fraction of sp³-hybridized carbons (Fsp3) is 0.533. The standard InChI is InChI=1S/C15H24N2O4S/c1-13(2)17(22(3,19)20)11-10-16-15(18)9-12-21-14-7-5-4-6-8-14/h4-8,13H,9-12H2,1-3H3,(H,16,18). The van der Waals surface area contributed by atoms with E-state index in [0.29, 0.717) is 0 Å². The van der Waals surface area contributed by atoms with E-state index < -0.39 is 10.0 Å². The van der Waals surface area contributed by atoms with Crippen molar-refractivity contribution in [3.8, 4) is 5.75 Å². The fourth-order valence-electron chi connectivity index (χ4n) is 1.98. The van der Waals surface area contributed by atoms with Crippen molar-refractivity contribution < 1.29 is 17.9 Å². The molecule has 0 fully saturated rings. The maximum atomic E-state index is 11.7. The summed E-state index contributed by atoms with van der Waals surface area (Å²) in [5.74, 6) is 0.562. The highest BCUT2D eigenvalue weighted by Gasteiger charge is 2.19. The van der Waals surface area contributed by atoms with Gasteiger partial charge in [0, 0.05) is 19.1 Å². The van der Waals surface area contributed by atoms with Crippen molar-refractivity contribution in [1.29, 1.82) is 0 Å². The summed E-state index contributed by atoms with van der Waals surface area (Å²) in [4.78, 5) is 11.7. The molecule has 1 aromatic rings. The Morgan fingerprint density at radius 2 is 1.91 bits per heavy atom. The Kier molecular flexibility index (Phi) is 7.34. The third-order valence-electron chi connectivity index (χ3n) is 3.00. The van der Waals surface area contributed by atoms with Gasteiger partial charge in [0.15, 0.2) is 0 Å².